The molecule has 1 aromatic heterocycles. The summed E-state index contributed by atoms with van der Waals surface area (Å²) in [6.45, 7) is 6.98. The number of para-hydroxylation sites is 1. The zero-order chi connectivity index (χ0) is 25.7. The van der Waals surface area contributed by atoms with Crippen LogP contribution in [0.15, 0.2) is 77.7 Å². The van der Waals surface area contributed by atoms with Crippen LogP contribution >= 0.6 is 23.7 Å². The van der Waals surface area contributed by atoms with Crippen LogP contribution in [0.1, 0.15) is 24.2 Å². The fourth-order valence-corrected chi connectivity index (χ4v) is 5.78. The van der Waals surface area contributed by atoms with Gasteiger partial charge in [0, 0.05) is 24.3 Å². The summed E-state index contributed by atoms with van der Waals surface area (Å²) in [4.78, 5) is 22.2. The monoisotopic (exact) mass is 562 g/mol. The third kappa shape index (κ3) is 6.84. The van der Waals surface area contributed by atoms with E-state index in [1.165, 1.54) is 29.5 Å². The van der Waals surface area contributed by atoms with Gasteiger partial charge < -0.3 is 4.90 Å². The van der Waals surface area contributed by atoms with Crippen molar-refractivity contribution in [3.63, 3.8) is 0 Å². The van der Waals surface area contributed by atoms with Crippen LogP contribution in [0.25, 0.3) is 10.2 Å². The van der Waals surface area contributed by atoms with E-state index < -0.39 is 15.8 Å². The maximum atomic E-state index is 13.7. The first kappa shape index (κ1) is 28.5. The predicted octanol–water partition coefficient (Wildman–Crippen LogP) is 5.65. The molecule has 0 spiro atoms. The molecular weight excluding hydrogens is 535 g/mol. The summed E-state index contributed by atoms with van der Waals surface area (Å²) in [6.07, 6.45) is 0. The highest BCUT2D eigenvalue weighted by Crippen LogP contribution is 2.30. The number of hydrogen-bond donors (Lipinski definition) is 1. The topological polar surface area (TPSA) is 82.6 Å². The molecule has 1 amide bonds. The van der Waals surface area contributed by atoms with Gasteiger partial charge in [-0.3, -0.25) is 14.4 Å². The minimum Gasteiger partial charge on any atom is -0.302 e. The van der Waals surface area contributed by atoms with Crippen LogP contribution in [0.5, 0.6) is 0 Å². The number of nitrogens with zero attached hydrogens (tertiary/aromatic N) is 3. The van der Waals surface area contributed by atoms with Crippen molar-refractivity contribution < 1.29 is 17.6 Å². The Balaban J connectivity index is 0.00000380. The summed E-state index contributed by atoms with van der Waals surface area (Å²) in [5, 5.41) is 0.589. The third-order valence-electron chi connectivity index (χ3n) is 5.78. The molecule has 0 aliphatic rings. The van der Waals surface area contributed by atoms with E-state index >= 15 is 0 Å². The number of rotatable bonds is 10. The number of amides is 1. The Morgan fingerprint density at radius 2 is 1.68 bits per heavy atom. The second kappa shape index (κ2) is 12.5. The number of thiazole rings is 1. The molecule has 0 atom stereocenters. The summed E-state index contributed by atoms with van der Waals surface area (Å²) in [5.74, 6) is -0.801. The molecule has 37 heavy (non-hydrogen) atoms. The molecule has 0 fully saturated rings. The van der Waals surface area contributed by atoms with Crippen molar-refractivity contribution in [2.45, 2.75) is 18.7 Å². The Labute approximate surface area is 226 Å². The van der Waals surface area contributed by atoms with Gasteiger partial charge in [0.25, 0.3) is 15.9 Å². The third-order valence-corrected chi connectivity index (χ3v) is 8.24. The van der Waals surface area contributed by atoms with E-state index in [-0.39, 0.29) is 28.9 Å². The van der Waals surface area contributed by atoms with E-state index in [0.29, 0.717) is 23.8 Å². The molecule has 11 heteroatoms. The summed E-state index contributed by atoms with van der Waals surface area (Å²) in [5.41, 5.74) is 1.38. The normalized spacial score (nSPS) is 11.4. The maximum Gasteiger partial charge on any atom is 0.261 e. The Hall–Kier alpha value is -3.05. The van der Waals surface area contributed by atoms with Crippen molar-refractivity contribution in [3.8, 4) is 0 Å². The van der Waals surface area contributed by atoms with Crippen LogP contribution in [-0.2, 0) is 10.0 Å². The summed E-state index contributed by atoms with van der Waals surface area (Å²) < 4.78 is 42.2. The number of fused-ring (bicyclic) bond motifs is 1. The fourth-order valence-electron chi connectivity index (χ4n) is 3.74. The van der Waals surface area contributed by atoms with E-state index in [2.05, 4.69) is 28.5 Å². The SMILES string of the molecule is CCN(CC)CCN(C(=O)c1cccc(NS(=O)(=O)c2ccc(F)cc2)c1)c1nc2ccccc2s1.Cl. The van der Waals surface area contributed by atoms with Gasteiger partial charge in [0.05, 0.1) is 15.1 Å². The number of sulfonamides is 1. The van der Waals surface area contributed by atoms with Gasteiger partial charge >= 0.3 is 0 Å². The van der Waals surface area contributed by atoms with Crippen LogP contribution in [0.3, 0.4) is 0 Å². The van der Waals surface area contributed by atoms with Crippen molar-refractivity contribution in [3.05, 3.63) is 84.2 Å². The van der Waals surface area contributed by atoms with E-state index in [1.807, 2.05) is 24.3 Å². The molecule has 3 aromatic carbocycles. The molecule has 4 rings (SSSR count). The largest absolute Gasteiger partial charge is 0.302 e. The first-order valence-corrected chi connectivity index (χ1v) is 13.9. The van der Waals surface area contributed by atoms with Crippen LogP contribution in [-0.4, -0.2) is 50.4 Å². The Morgan fingerprint density at radius 3 is 2.35 bits per heavy atom. The summed E-state index contributed by atoms with van der Waals surface area (Å²) in [6, 6.07) is 18.6. The van der Waals surface area contributed by atoms with E-state index in [9.17, 15) is 17.6 Å². The molecule has 0 radical (unpaired) electrons. The number of halogens is 2. The number of hydrogen-bond acceptors (Lipinski definition) is 6. The highest BCUT2D eigenvalue weighted by Gasteiger charge is 2.23. The molecule has 1 N–H and O–H groups in total. The van der Waals surface area contributed by atoms with Crippen molar-refractivity contribution in [1.29, 1.82) is 0 Å². The van der Waals surface area contributed by atoms with Gasteiger partial charge in [0.15, 0.2) is 5.13 Å². The van der Waals surface area contributed by atoms with Crippen molar-refractivity contribution in [2.75, 3.05) is 35.8 Å². The Morgan fingerprint density at radius 1 is 0.973 bits per heavy atom. The maximum absolute atomic E-state index is 13.7. The molecule has 0 saturated carbocycles. The molecule has 0 aliphatic carbocycles. The molecular formula is C26H28ClFN4O3S2. The van der Waals surface area contributed by atoms with Gasteiger partial charge in [0.1, 0.15) is 5.82 Å². The predicted molar refractivity (Wildman–Crippen MR) is 150 cm³/mol. The average molecular weight is 563 g/mol. The minimum absolute atomic E-state index is 0. The van der Waals surface area contributed by atoms with E-state index in [1.54, 1.807) is 23.1 Å². The fraction of sp³-hybridized carbons (Fsp3) is 0.231. The molecule has 0 unspecified atom stereocenters. The second-order valence-electron chi connectivity index (χ2n) is 8.09. The number of carbonyl (C=O) groups excluding carboxylic acids is 1. The smallest absolute Gasteiger partial charge is 0.261 e. The van der Waals surface area contributed by atoms with Gasteiger partial charge in [-0.15, -0.1) is 12.4 Å². The average Bonchev–Trinajstić information content (AvgIpc) is 3.30. The first-order valence-electron chi connectivity index (χ1n) is 11.6. The molecule has 7 nitrogen and oxygen atoms in total. The first-order chi connectivity index (χ1) is 17.3. The molecule has 196 valence electrons. The van der Waals surface area contributed by atoms with Gasteiger partial charge in [0.2, 0.25) is 0 Å². The van der Waals surface area contributed by atoms with Crippen molar-refractivity contribution in [2.24, 2.45) is 0 Å². The van der Waals surface area contributed by atoms with Crippen LogP contribution in [0.2, 0.25) is 0 Å². The van der Waals surface area contributed by atoms with Crippen molar-refractivity contribution >= 4 is 60.7 Å². The number of likely N-dealkylation sites (N-methyl/N-ethyl adjacent to an activating group) is 1. The quantitative estimate of drug-likeness (QED) is 0.270. The van der Waals surface area contributed by atoms with Crippen LogP contribution < -0.4 is 9.62 Å². The zero-order valence-electron chi connectivity index (χ0n) is 20.4. The van der Waals surface area contributed by atoms with Crippen LogP contribution in [0.4, 0.5) is 15.2 Å². The number of anilines is 2. The number of aromatic nitrogens is 1. The highest BCUT2D eigenvalue weighted by molar-refractivity contribution is 7.92. The highest BCUT2D eigenvalue weighted by atomic mass is 35.5. The minimum atomic E-state index is -3.95. The second-order valence-corrected chi connectivity index (χ2v) is 10.8. The molecule has 0 saturated heterocycles. The molecule has 1 heterocycles. The number of nitrogens with one attached hydrogen (secondary N) is 1. The van der Waals surface area contributed by atoms with E-state index in [4.69, 9.17) is 0 Å². The lowest BCUT2D eigenvalue weighted by Gasteiger charge is -2.25. The standard InChI is InChI=1S/C26H27FN4O3S2.ClH/c1-3-30(4-2)16-17-31(26-28-23-10-5-6-11-24(23)35-26)25(32)19-8-7-9-21(18-19)29-36(33,34)22-14-12-20(27)13-15-22;/h5-15,18,29H,3-4,16-17H2,1-2H3;1H. The van der Waals surface area contributed by atoms with Gasteiger partial charge in [-0.05, 0) is 67.7 Å². The van der Waals surface area contributed by atoms with Gasteiger partial charge in [-0.1, -0.05) is 43.4 Å². The Bertz CT molecular complexity index is 1430. The summed E-state index contributed by atoms with van der Waals surface area (Å²) in [7, 11) is -3.95. The van der Waals surface area contributed by atoms with Crippen LogP contribution in [0, 0.1) is 5.82 Å². The summed E-state index contributed by atoms with van der Waals surface area (Å²) >= 11 is 1.44. The lowest BCUT2D eigenvalue weighted by atomic mass is 10.2. The number of benzene rings is 3. The number of carbonyl (C=O) groups is 1. The molecule has 4 aromatic rings. The zero-order valence-corrected chi connectivity index (χ0v) is 22.9. The van der Waals surface area contributed by atoms with Gasteiger partial charge in [-0.25, -0.2) is 17.8 Å². The molecule has 0 bridgehead atoms. The van der Waals surface area contributed by atoms with Gasteiger partial charge in [-0.2, -0.15) is 0 Å². The lowest BCUT2D eigenvalue weighted by molar-refractivity contribution is 0.0984. The van der Waals surface area contributed by atoms with E-state index in [0.717, 1.165) is 35.4 Å². The van der Waals surface area contributed by atoms with Crippen molar-refractivity contribution in [1.82, 2.24) is 9.88 Å². The molecule has 0 aliphatic heterocycles. The lowest BCUT2D eigenvalue weighted by Crippen LogP contribution is -2.38. The Kier molecular flexibility index (Phi) is 9.61.